The Labute approximate surface area is 49.1 Å². The van der Waals surface area contributed by atoms with Crippen molar-refractivity contribution in [3.05, 3.63) is 0 Å². The highest BCUT2D eigenvalue weighted by Crippen LogP contribution is 1.79. The van der Waals surface area contributed by atoms with E-state index in [1.165, 1.54) is 6.17 Å². The Balaban J connectivity index is 3.31. The Kier molecular flexibility index (Phi) is 5.33. The van der Waals surface area contributed by atoms with E-state index in [0.29, 0.717) is 0 Å². The summed E-state index contributed by atoms with van der Waals surface area (Å²) in [6, 6.07) is 0. The molecular weight excluding hydrogens is 103 g/mol. The molecular formula is C7H7F. The van der Waals surface area contributed by atoms with Gasteiger partial charge in [0.25, 0.3) is 0 Å². The van der Waals surface area contributed by atoms with E-state index in [2.05, 4.69) is 11.8 Å². The monoisotopic (exact) mass is 110 g/mol. The molecule has 0 saturated carbocycles. The number of hydrogen-bond donors (Lipinski definition) is 0. The number of unbranched alkanes of at least 4 members (excludes halogenated alkanes) is 1. The zero-order valence-corrected chi connectivity index (χ0v) is 4.79. The first kappa shape index (κ1) is 7.05. The van der Waals surface area contributed by atoms with Crippen molar-refractivity contribution >= 4 is 0 Å². The highest BCUT2D eigenvalue weighted by atomic mass is 19.1. The van der Waals surface area contributed by atoms with Gasteiger partial charge in [-0.1, -0.05) is 12.8 Å². The van der Waals surface area contributed by atoms with Crippen LogP contribution >= 0.6 is 0 Å². The van der Waals surface area contributed by atoms with Gasteiger partial charge in [0.1, 0.15) is 6.17 Å². The fourth-order valence-corrected chi connectivity index (χ4v) is 0.255. The summed E-state index contributed by atoms with van der Waals surface area (Å²) in [7, 11) is 0. The van der Waals surface area contributed by atoms with Crippen molar-refractivity contribution in [1.82, 2.24) is 0 Å². The molecule has 0 amide bonds. The summed E-state index contributed by atoms with van der Waals surface area (Å²) in [6.45, 7) is 2.01. The minimum atomic E-state index is 0.800. The first-order valence-electron chi connectivity index (χ1n) is 2.50. The van der Waals surface area contributed by atoms with Gasteiger partial charge < -0.3 is 0 Å². The van der Waals surface area contributed by atoms with Gasteiger partial charge in [0, 0.05) is 12.3 Å². The van der Waals surface area contributed by atoms with Crippen LogP contribution in [0.4, 0.5) is 4.39 Å². The van der Waals surface area contributed by atoms with E-state index in [1.54, 1.807) is 0 Å². The second-order valence-corrected chi connectivity index (χ2v) is 1.27. The molecule has 0 spiro atoms. The van der Waals surface area contributed by atoms with Gasteiger partial charge in [-0.2, -0.15) is 0 Å². The average Bonchev–Trinajstić information content (AvgIpc) is 1.81. The summed E-state index contributed by atoms with van der Waals surface area (Å²) >= 11 is 0. The Bertz CT molecular complexity index is 149. The van der Waals surface area contributed by atoms with Crippen LogP contribution in [0.1, 0.15) is 19.8 Å². The third-order valence-electron chi connectivity index (χ3n) is 0.573. The Hall–Kier alpha value is -0.950. The summed E-state index contributed by atoms with van der Waals surface area (Å²) in [5, 5.41) is 0. The summed E-state index contributed by atoms with van der Waals surface area (Å²) in [5.41, 5.74) is 0. The van der Waals surface area contributed by atoms with Crippen LogP contribution in [0, 0.1) is 23.9 Å². The van der Waals surface area contributed by atoms with Crippen LogP contribution in [0.5, 0.6) is 0 Å². The Morgan fingerprint density at radius 3 is 2.62 bits per heavy atom. The van der Waals surface area contributed by atoms with Gasteiger partial charge in [-0.05, 0) is 12.3 Å². The van der Waals surface area contributed by atoms with Crippen LogP contribution in [0.25, 0.3) is 0 Å². The van der Waals surface area contributed by atoms with Crippen molar-refractivity contribution in [2.24, 2.45) is 0 Å². The lowest BCUT2D eigenvalue weighted by Gasteiger charge is -1.71. The van der Waals surface area contributed by atoms with Crippen molar-refractivity contribution in [2.45, 2.75) is 19.8 Å². The van der Waals surface area contributed by atoms with Crippen molar-refractivity contribution in [1.29, 1.82) is 0 Å². The fourth-order valence-electron chi connectivity index (χ4n) is 0.255. The maximum atomic E-state index is 11.0. The molecule has 0 N–H and O–H groups in total. The normalized spacial score (nSPS) is 5.75. The summed E-state index contributed by atoms with van der Waals surface area (Å²) in [4.78, 5) is 0. The first-order chi connectivity index (χ1) is 3.91. The quantitative estimate of drug-likeness (QED) is 0.451. The molecule has 0 rings (SSSR count). The maximum Gasteiger partial charge on any atom is 0.119 e. The fraction of sp³-hybridized carbons (Fsp3) is 0.429. The molecule has 0 aromatic carbocycles. The lowest BCUT2D eigenvalue weighted by atomic mass is 10.3. The van der Waals surface area contributed by atoms with Crippen LogP contribution in [-0.4, -0.2) is 0 Å². The van der Waals surface area contributed by atoms with Gasteiger partial charge in [-0.25, -0.2) is 0 Å². The molecule has 0 unspecified atom stereocenters. The van der Waals surface area contributed by atoms with Gasteiger partial charge in [-0.3, -0.25) is 0 Å². The van der Waals surface area contributed by atoms with Gasteiger partial charge in [0.15, 0.2) is 0 Å². The Morgan fingerprint density at radius 1 is 1.38 bits per heavy atom. The van der Waals surface area contributed by atoms with Gasteiger partial charge in [0.05, 0.1) is 0 Å². The molecule has 0 aliphatic rings. The van der Waals surface area contributed by atoms with E-state index in [0.717, 1.165) is 12.8 Å². The van der Waals surface area contributed by atoms with E-state index in [4.69, 9.17) is 0 Å². The molecule has 0 saturated heterocycles. The molecule has 0 atom stereocenters. The van der Waals surface area contributed by atoms with Crippen molar-refractivity contribution in [2.75, 3.05) is 0 Å². The second kappa shape index (κ2) is 6.05. The van der Waals surface area contributed by atoms with Crippen LogP contribution in [0.2, 0.25) is 0 Å². The van der Waals surface area contributed by atoms with Crippen molar-refractivity contribution in [3.8, 4) is 23.9 Å². The van der Waals surface area contributed by atoms with E-state index in [9.17, 15) is 4.39 Å². The third-order valence-corrected chi connectivity index (χ3v) is 0.573. The zero-order valence-electron chi connectivity index (χ0n) is 4.79. The van der Waals surface area contributed by atoms with E-state index in [-0.39, 0.29) is 0 Å². The molecule has 0 bridgehead atoms. The lowest BCUT2D eigenvalue weighted by Crippen LogP contribution is -1.58. The molecule has 0 radical (unpaired) electrons. The van der Waals surface area contributed by atoms with Crippen molar-refractivity contribution < 1.29 is 4.39 Å². The molecule has 0 heterocycles. The van der Waals surface area contributed by atoms with Crippen LogP contribution < -0.4 is 0 Å². The van der Waals surface area contributed by atoms with Crippen molar-refractivity contribution in [3.63, 3.8) is 0 Å². The maximum absolute atomic E-state index is 11.0. The SMILES string of the molecule is CCCC#CC#CF. The summed E-state index contributed by atoms with van der Waals surface area (Å²) in [5.74, 6) is 7.03. The average molecular weight is 110 g/mol. The summed E-state index contributed by atoms with van der Waals surface area (Å²) < 4.78 is 11.0. The highest BCUT2D eigenvalue weighted by molar-refractivity contribution is 5.23. The Morgan fingerprint density at radius 2 is 2.12 bits per heavy atom. The van der Waals surface area contributed by atoms with Gasteiger partial charge in [-0.15, -0.1) is 4.39 Å². The zero-order chi connectivity index (χ0) is 6.24. The number of rotatable bonds is 1. The lowest BCUT2D eigenvalue weighted by molar-refractivity contribution is 0.774. The topological polar surface area (TPSA) is 0 Å². The van der Waals surface area contributed by atoms with Gasteiger partial charge >= 0.3 is 0 Å². The van der Waals surface area contributed by atoms with E-state index in [1.807, 2.05) is 12.8 Å². The summed E-state index contributed by atoms with van der Waals surface area (Å²) in [6.07, 6.45) is 3.00. The smallest absolute Gasteiger partial charge is 0.119 e. The number of hydrogen-bond acceptors (Lipinski definition) is 0. The molecule has 8 heavy (non-hydrogen) atoms. The third kappa shape index (κ3) is 5.05. The molecule has 0 aromatic rings. The standard InChI is InChI=1S/C7H7F/c1-2-3-4-5-6-7-8/h2-3H2,1H3. The highest BCUT2D eigenvalue weighted by Gasteiger charge is 1.65. The minimum Gasteiger partial charge on any atom is -0.143 e. The predicted molar refractivity (Wildman–Crippen MR) is 31.6 cm³/mol. The predicted octanol–water partition coefficient (Wildman–Crippen LogP) is 1.72. The number of halogens is 1. The molecule has 0 aliphatic heterocycles. The largest absolute Gasteiger partial charge is 0.143 e. The second-order valence-electron chi connectivity index (χ2n) is 1.27. The van der Waals surface area contributed by atoms with E-state index < -0.39 is 0 Å². The molecule has 0 nitrogen and oxygen atoms in total. The molecule has 0 aromatic heterocycles. The molecule has 1 heteroatoms. The van der Waals surface area contributed by atoms with Gasteiger partial charge in [0.2, 0.25) is 0 Å². The molecule has 0 aliphatic carbocycles. The minimum absolute atomic E-state index is 0.800. The van der Waals surface area contributed by atoms with Crippen LogP contribution in [0.15, 0.2) is 0 Å². The van der Waals surface area contributed by atoms with Crippen LogP contribution in [-0.2, 0) is 0 Å². The molecule has 0 fully saturated rings. The van der Waals surface area contributed by atoms with E-state index >= 15 is 0 Å². The van der Waals surface area contributed by atoms with Crippen LogP contribution in [0.3, 0.4) is 0 Å². The first-order valence-corrected chi connectivity index (χ1v) is 2.50. The molecule has 42 valence electrons.